The Morgan fingerprint density at radius 3 is 2.35 bits per heavy atom. The third-order valence-corrected chi connectivity index (χ3v) is 4.23. The van der Waals surface area contributed by atoms with E-state index in [0.717, 1.165) is 0 Å². The average molecular weight is 418 g/mol. The molecule has 1 aliphatic rings. The zero-order chi connectivity index (χ0) is 16.0. The van der Waals surface area contributed by atoms with E-state index in [0.29, 0.717) is 0 Å². The lowest BCUT2D eigenvalue weighted by atomic mass is 10.1. The normalized spacial score (nSPS) is 32.8. The molecule has 0 aromatic carbocycles. The van der Waals surface area contributed by atoms with Crippen molar-refractivity contribution in [2.24, 2.45) is 0 Å². The van der Waals surface area contributed by atoms with Crippen molar-refractivity contribution in [3.63, 3.8) is 0 Å². The zero-order valence-corrected chi connectivity index (χ0v) is 12.6. The summed E-state index contributed by atoms with van der Waals surface area (Å²) < 4.78 is 71.6. The van der Waals surface area contributed by atoms with E-state index in [4.69, 9.17) is 5.11 Å². The Bertz CT molecular complexity index is 398. The molecular weight excluding hydrogens is 406 g/mol. The number of rotatable bonds is 3. The van der Waals surface area contributed by atoms with Gasteiger partial charge in [0.1, 0.15) is 3.42 Å². The van der Waals surface area contributed by atoms with Gasteiger partial charge in [-0.15, -0.1) is 0 Å². The average Bonchev–Trinajstić information content (AvgIpc) is 2.53. The fraction of sp³-hybridized carbons (Fsp3) is 0.900. The van der Waals surface area contributed by atoms with Crippen molar-refractivity contribution in [2.75, 3.05) is 6.61 Å². The van der Waals surface area contributed by atoms with Gasteiger partial charge in [0, 0.05) is 0 Å². The molecule has 118 valence electrons. The van der Waals surface area contributed by atoms with E-state index >= 15 is 0 Å². The van der Waals surface area contributed by atoms with Gasteiger partial charge in [-0.1, -0.05) is 29.5 Å². The molecule has 1 aliphatic heterocycles. The summed E-state index contributed by atoms with van der Waals surface area (Å²) in [6.07, 6.45) is -7.98. The Morgan fingerprint density at radius 2 is 2.00 bits per heavy atom. The third kappa shape index (κ3) is 2.73. The first-order valence-corrected chi connectivity index (χ1v) is 6.58. The smallest absolute Gasteiger partial charge is 0.449 e. The highest BCUT2D eigenvalue weighted by molar-refractivity contribution is 14.1. The van der Waals surface area contributed by atoms with Crippen LogP contribution in [-0.2, 0) is 14.3 Å². The summed E-state index contributed by atoms with van der Waals surface area (Å²) in [5.74, 6) is -10.5. The summed E-state index contributed by atoms with van der Waals surface area (Å²) in [5.41, 5.74) is 0. The van der Waals surface area contributed by atoms with Crippen molar-refractivity contribution < 1.29 is 41.3 Å². The van der Waals surface area contributed by atoms with Gasteiger partial charge >= 0.3 is 23.9 Å². The molecule has 0 bridgehead atoms. The summed E-state index contributed by atoms with van der Waals surface area (Å²) in [6, 6.07) is 0. The summed E-state index contributed by atoms with van der Waals surface area (Å²) in [7, 11) is 0. The second kappa shape index (κ2) is 5.20. The Hall–Kier alpha value is -0.230. The third-order valence-electron chi connectivity index (χ3n) is 3.02. The highest BCUT2D eigenvalue weighted by Gasteiger charge is 2.78. The predicted molar refractivity (Wildman–Crippen MR) is 64.5 cm³/mol. The van der Waals surface area contributed by atoms with E-state index in [1.165, 1.54) is 6.92 Å². The quantitative estimate of drug-likeness (QED) is 0.331. The molecule has 20 heavy (non-hydrogen) atoms. The number of carbonyl (C=O) groups excluding carboxylic acids is 1. The van der Waals surface area contributed by atoms with Gasteiger partial charge in [0.25, 0.3) is 0 Å². The van der Waals surface area contributed by atoms with E-state index in [1.807, 2.05) is 0 Å². The maximum atomic E-state index is 13.6. The van der Waals surface area contributed by atoms with E-state index < -0.39 is 40.0 Å². The fourth-order valence-corrected chi connectivity index (χ4v) is 1.52. The van der Waals surface area contributed by atoms with E-state index in [-0.39, 0.29) is 6.42 Å². The molecule has 0 radical (unpaired) electrons. The topological polar surface area (TPSA) is 55.8 Å². The van der Waals surface area contributed by atoms with Gasteiger partial charge in [0.05, 0.1) is 6.61 Å². The Morgan fingerprint density at radius 1 is 1.50 bits per heavy atom. The second-order valence-corrected chi connectivity index (χ2v) is 6.90. The standard InChI is InChI=1S/C10H12F5IO4/c1-3-7(2,16)6(17)20-5-4-19-9(18,8(5,11)12)10(13,14)15/h5,18H,3-4H2,1-2H3. The molecule has 0 saturated carbocycles. The molecule has 1 N–H and O–H groups in total. The summed E-state index contributed by atoms with van der Waals surface area (Å²) in [4.78, 5) is 11.6. The lowest BCUT2D eigenvalue weighted by molar-refractivity contribution is -0.405. The number of hydrogen-bond acceptors (Lipinski definition) is 4. The largest absolute Gasteiger partial charge is 0.452 e. The number of esters is 1. The van der Waals surface area contributed by atoms with Crippen LogP contribution in [0.15, 0.2) is 0 Å². The first kappa shape index (κ1) is 17.8. The van der Waals surface area contributed by atoms with Gasteiger partial charge < -0.3 is 14.6 Å². The first-order valence-electron chi connectivity index (χ1n) is 5.50. The molecule has 1 heterocycles. The van der Waals surface area contributed by atoms with Crippen molar-refractivity contribution in [3.05, 3.63) is 0 Å². The van der Waals surface area contributed by atoms with Crippen molar-refractivity contribution in [1.82, 2.24) is 0 Å². The van der Waals surface area contributed by atoms with Crippen LogP contribution in [-0.4, -0.2) is 45.1 Å². The number of aliphatic hydroxyl groups is 1. The van der Waals surface area contributed by atoms with E-state index in [1.54, 1.807) is 29.5 Å². The van der Waals surface area contributed by atoms with Crippen molar-refractivity contribution in [1.29, 1.82) is 0 Å². The van der Waals surface area contributed by atoms with Gasteiger partial charge in [-0.25, -0.2) is 0 Å². The monoisotopic (exact) mass is 418 g/mol. The highest BCUT2D eigenvalue weighted by Crippen LogP contribution is 2.50. The maximum absolute atomic E-state index is 13.6. The van der Waals surface area contributed by atoms with Crippen LogP contribution < -0.4 is 0 Å². The molecule has 0 spiro atoms. The number of carbonyl (C=O) groups is 1. The van der Waals surface area contributed by atoms with Crippen LogP contribution in [0.1, 0.15) is 20.3 Å². The highest BCUT2D eigenvalue weighted by atomic mass is 127. The number of alkyl halides is 6. The Labute approximate surface area is 124 Å². The molecule has 0 aliphatic carbocycles. The van der Waals surface area contributed by atoms with Gasteiger partial charge in [-0.3, -0.25) is 4.79 Å². The molecular formula is C10H12F5IO4. The van der Waals surface area contributed by atoms with Gasteiger partial charge in [-0.05, 0) is 13.3 Å². The molecule has 1 fully saturated rings. The van der Waals surface area contributed by atoms with Crippen LogP contribution in [0.3, 0.4) is 0 Å². The molecule has 1 saturated heterocycles. The van der Waals surface area contributed by atoms with Crippen molar-refractivity contribution in [3.8, 4) is 0 Å². The molecule has 10 heteroatoms. The lowest BCUT2D eigenvalue weighted by Gasteiger charge is -2.31. The summed E-state index contributed by atoms with van der Waals surface area (Å²) in [5, 5.41) is 9.01. The van der Waals surface area contributed by atoms with Crippen LogP contribution in [0.25, 0.3) is 0 Å². The zero-order valence-electron chi connectivity index (χ0n) is 10.4. The molecule has 0 aromatic heterocycles. The molecule has 1 rings (SSSR count). The van der Waals surface area contributed by atoms with Crippen molar-refractivity contribution in [2.45, 2.75) is 47.7 Å². The lowest BCUT2D eigenvalue weighted by Crippen LogP contribution is -2.60. The SMILES string of the molecule is CCC(C)(I)C(=O)OC1COC(O)(C(F)(F)F)C1(F)F. The Balaban J connectivity index is 2.95. The summed E-state index contributed by atoms with van der Waals surface area (Å²) in [6.45, 7) is 1.73. The fourth-order valence-electron chi connectivity index (χ4n) is 1.39. The van der Waals surface area contributed by atoms with Gasteiger partial charge in [-0.2, -0.15) is 22.0 Å². The van der Waals surface area contributed by atoms with Crippen LogP contribution in [0.5, 0.6) is 0 Å². The van der Waals surface area contributed by atoms with E-state index in [2.05, 4.69) is 9.47 Å². The van der Waals surface area contributed by atoms with E-state index in [9.17, 15) is 26.7 Å². The molecule has 0 aromatic rings. The predicted octanol–water partition coefficient (Wildman–Crippen LogP) is 2.42. The minimum Gasteiger partial charge on any atom is -0.452 e. The first-order chi connectivity index (χ1) is 8.79. The van der Waals surface area contributed by atoms with Gasteiger partial charge in [0.15, 0.2) is 6.10 Å². The summed E-state index contributed by atoms with van der Waals surface area (Å²) >= 11 is 1.64. The number of hydrogen-bond donors (Lipinski definition) is 1. The molecule has 3 atom stereocenters. The minimum absolute atomic E-state index is 0.231. The molecule has 3 unspecified atom stereocenters. The molecule has 4 nitrogen and oxygen atoms in total. The second-order valence-electron chi connectivity index (χ2n) is 4.52. The van der Waals surface area contributed by atoms with Gasteiger partial charge in [0.2, 0.25) is 0 Å². The number of ether oxygens (including phenoxy) is 2. The van der Waals surface area contributed by atoms with Crippen LogP contribution in [0.2, 0.25) is 0 Å². The van der Waals surface area contributed by atoms with Crippen molar-refractivity contribution >= 4 is 28.6 Å². The Kier molecular flexibility index (Phi) is 4.63. The van der Waals surface area contributed by atoms with Crippen LogP contribution in [0.4, 0.5) is 22.0 Å². The van der Waals surface area contributed by atoms with Crippen LogP contribution in [0, 0.1) is 0 Å². The number of halogens is 6. The molecule has 0 amide bonds. The maximum Gasteiger partial charge on any atom is 0.449 e. The minimum atomic E-state index is -5.71. The van der Waals surface area contributed by atoms with Crippen LogP contribution >= 0.6 is 22.6 Å².